The number of unbranched alkanes of at least 4 members (excludes halogenated alkanes) is 1. The Morgan fingerprint density at radius 3 is 2.74 bits per heavy atom. The number of nitrogens with one attached hydrogen (secondary N) is 1. The number of carbonyl (C=O) groups excluding carboxylic acids is 1. The highest BCUT2D eigenvalue weighted by Crippen LogP contribution is 2.30. The Balaban J connectivity index is 2.36. The van der Waals surface area contributed by atoms with Crippen LogP contribution in [-0.4, -0.2) is 25.8 Å². The highest BCUT2D eigenvalue weighted by molar-refractivity contribution is 7.18. The molecule has 3 N–H and O–H groups in total. The molecule has 8 heteroatoms. The Morgan fingerprint density at radius 2 is 2.16 bits per heavy atom. The third-order valence-electron chi connectivity index (χ3n) is 2.32. The van der Waals surface area contributed by atoms with E-state index in [1.165, 1.54) is 7.11 Å². The Hall–Kier alpha value is -1.44. The second-order valence-corrected chi connectivity index (χ2v) is 4.94. The molecule has 0 bridgehead atoms. The average molecular weight is 296 g/mol. The molecule has 1 heterocycles. The summed E-state index contributed by atoms with van der Waals surface area (Å²) in [7, 11) is 1.26. The number of halogens is 3. The summed E-state index contributed by atoms with van der Waals surface area (Å²) >= 11 is 1.12. The Kier molecular flexibility index (Phi) is 5.46. The van der Waals surface area contributed by atoms with Crippen molar-refractivity contribution in [3.05, 3.63) is 10.9 Å². The largest absolute Gasteiger partial charge is 0.465 e. The summed E-state index contributed by atoms with van der Waals surface area (Å²) in [6, 6.07) is 1.57. The van der Waals surface area contributed by atoms with Gasteiger partial charge in [-0.05, 0) is 18.9 Å². The summed E-state index contributed by atoms with van der Waals surface area (Å²) < 4.78 is 40.3. The summed E-state index contributed by atoms with van der Waals surface area (Å²) in [6.45, 7) is 0.399. The first kappa shape index (κ1) is 15.6. The zero-order chi connectivity index (χ0) is 14.5. The van der Waals surface area contributed by atoms with Crippen LogP contribution in [0.25, 0.3) is 0 Å². The molecule has 0 saturated heterocycles. The minimum atomic E-state index is -4.11. The van der Waals surface area contributed by atoms with E-state index in [0.29, 0.717) is 28.5 Å². The topological polar surface area (TPSA) is 64.3 Å². The van der Waals surface area contributed by atoms with Crippen LogP contribution in [0.15, 0.2) is 6.07 Å². The lowest BCUT2D eigenvalue weighted by molar-refractivity contribution is -0.135. The minimum absolute atomic E-state index is 0.0707. The molecule has 0 aliphatic heterocycles. The highest BCUT2D eigenvalue weighted by atomic mass is 32.1. The predicted octanol–water partition coefficient (Wildman–Crippen LogP) is 3.26. The Labute approximate surface area is 112 Å². The Bertz CT molecular complexity index is 432. The summed E-state index contributed by atoms with van der Waals surface area (Å²) in [5.74, 6) is -0.521. The van der Waals surface area contributed by atoms with Crippen molar-refractivity contribution in [1.82, 2.24) is 0 Å². The molecule has 0 aliphatic carbocycles. The molecule has 0 radical (unpaired) electrons. The third kappa shape index (κ3) is 5.37. The van der Waals surface area contributed by atoms with Crippen molar-refractivity contribution in [2.45, 2.75) is 25.4 Å². The molecule has 1 aromatic heterocycles. The highest BCUT2D eigenvalue weighted by Gasteiger charge is 2.25. The van der Waals surface area contributed by atoms with Gasteiger partial charge in [0.05, 0.1) is 17.8 Å². The fourth-order valence-corrected chi connectivity index (χ4v) is 2.33. The number of carbonyl (C=O) groups is 1. The lowest BCUT2D eigenvalue weighted by Crippen LogP contribution is -2.08. The third-order valence-corrected chi connectivity index (χ3v) is 3.41. The molecule has 19 heavy (non-hydrogen) atoms. The molecule has 0 fully saturated rings. The van der Waals surface area contributed by atoms with Crippen molar-refractivity contribution >= 4 is 28.0 Å². The first-order valence-corrected chi connectivity index (χ1v) is 6.43. The lowest BCUT2D eigenvalue weighted by Gasteiger charge is -2.06. The quantitative estimate of drug-likeness (QED) is 0.624. The molecule has 0 saturated carbocycles. The molecular weight excluding hydrogens is 281 g/mol. The van der Waals surface area contributed by atoms with Gasteiger partial charge in [-0.25, -0.2) is 4.79 Å². The van der Waals surface area contributed by atoms with Crippen LogP contribution in [0, 0.1) is 0 Å². The van der Waals surface area contributed by atoms with E-state index in [0.717, 1.165) is 11.3 Å². The first-order chi connectivity index (χ1) is 8.83. The number of hydrogen-bond acceptors (Lipinski definition) is 5. The van der Waals surface area contributed by atoms with Gasteiger partial charge >= 0.3 is 12.1 Å². The summed E-state index contributed by atoms with van der Waals surface area (Å²) in [6.07, 6.45) is -4.42. The molecule has 0 aliphatic rings. The fraction of sp³-hybridized carbons (Fsp3) is 0.545. The molecule has 1 aromatic rings. The van der Waals surface area contributed by atoms with Crippen LogP contribution in [0.4, 0.5) is 23.9 Å². The van der Waals surface area contributed by atoms with Crippen LogP contribution in [0.5, 0.6) is 0 Å². The monoisotopic (exact) mass is 296 g/mol. The van der Waals surface area contributed by atoms with E-state index in [-0.39, 0.29) is 6.42 Å². The second kappa shape index (κ2) is 6.65. The van der Waals surface area contributed by atoms with E-state index in [1.807, 2.05) is 0 Å². The van der Waals surface area contributed by atoms with Gasteiger partial charge in [0, 0.05) is 13.0 Å². The zero-order valence-corrected chi connectivity index (χ0v) is 11.2. The molecule has 1 rings (SSSR count). The van der Waals surface area contributed by atoms with E-state index in [2.05, 4.69) is 10.1 Å². The normalized spacial score (nSPS) is 11.4. The van der Waals surface area contributed by atoms with Crippen molar-refractivity contribution in [1.29, 1.82) is 0 Å². The van der Waals surface area contributed by atoms with E-state index < -0.39 is 18.6 Å². The van der Waals surface area contributed by atoms with Gasteiger partial charge in [-0.2, -0.15) is 13.2 Å². The van der Waals surface area contributed by atoms with Gasteiger partial charge in [-0.1, -0.05) is 0 Å². The summed E-state index contributed by atoms with van der Waals surface area (Å²) in [4.78, 5) is 11.6. The molecule has 0 aromatic carbocycles. The van der Waals surface area contributed by atoms with Gasteiger partial charge in [-0.3, -0.25) is 0 Å². The van der Waals surface area contributed by atoms with Gasteiger partial charge in [0.15, 0.2) is 0 Å². The van der Waals surface area contributed by atoms with E-state index in [4.69, 9.17) is 5.73 Å². The van der Waals surface area contributed by atoms with Crippen LogP contribution in [0.1, 0.15) is 28.9 Å². The lowest BCUT2D eigenvalue weighted by atomic mass is 10.2. The second-order valence-electron chi connectivity index (χ2n) is 3.89. The van der Waals surface area contributed by atoms with Crippen LogP contribution in [0.2, 0.25) is 0 Å². The van der Waals surface area contributed by atoms with E-state index in [9.17, 15) is 18.0 Å². The van der Waals surface area contributed by atoms with Gasteiger partial charge in [0.1, 0.15) is 4.88 Å². The molecule has 108 valence electrons. The van der Waals surface area contributed by atoms with Gasteiger partial charge in [0.25, 0.3) is 0 Å². The standard InChI is InChI=1S/C11H15F3N2O2S/c1-18-10(17)9-7(15)6-8(19-9)16-5-3-2-4-11(12,13)14/h6,16H,2-5,15H2,1H3. The van der Waals surface area contributed by atoms with Gasteiger partial charge in [0.2, 0.25) is 0 Å². The number of ether oxygens (including phenoxy) is 1. The molecule has 0 unspecified atom stereocenters. The molecular formula is C11H15F3N2O2S. The van der Waals surface area contributed by atoms with Crippen molar-refractivity contribution in [2.75, 3.05) is 24.7 Å². The van der Waals surface area contributed by atoms with Crippen LogP contribution in [0.3, 0.4) is 0 Å². The van der Waals surface area contributed by atoms with Crippen molar-refractivity contribution in [2.24, 2.45) is 0 Å². The predicted molar refractivity (Wildman–Crippen MR) is 68.5 cm³/mol. The number of nitrogens with two attached hydrogens (primary N) is 1. The number of esters is 1. The average Bonchev–Trinajstić information content (AvgIpc) is 2.67. The number of rotatable bonds is 6. The number of anilines is 2. The molecule has 0 amide bonds. The van der Waals surface area contributed by atoms with Gasteiger partial charge in [-0.15, -0.1) is 11.3 Å². The number of hydrogen-bond donors (Lipinski definition) is 2. The van der Waals surface area contributed by atoms with Crippen molar-refractivity contribution in [3.63, 3.8) is 0 Å². The van der Waals surface area contributed by atoms with E-state index in [1.54, 1.807) is 6.07 Å². The van der Waals surface area contributed by atoms with Crippen LogP contribution < -0.4 is 11.1 Å². The SMILES string of the molecule is COC(=O)c1sc(NCCCCC(F)(F)F)cc1N. The number of thiophene rings is 1. The van der Waals surface area contributed by atoms with Crippen molar-refractivity contribution < 1.29 is 22.7 Å². The minimum Gasteiger partial charge on any atom is -0.465 e. The summed E-state index contributed by atoms with van der Waals surface area (Å²) in [5.41, 5.74) is 5.93. The first-order valence-electron chi connectivity index (χ1n) is 5.61. The summed E-state index contributed by atoms with van der Waals surface area (Å²) in [5, 5.41) is 3.58. The maximum Gasteiger partial charge on any atom is 0.389 e. The van der Waals surface area contributed by atoms with Crippen LogP contribution >= 0.6 is 11.3 Å². The van der Waals surface area contributed by atoms with Crippen molar-refractivity contribution in [3.8, 4) is 0 Å². The van der Waals surface area contributed by atoms with Gasteiger partial charge < -0.3 is 15.8 Å². The van der Waals surface area contributed by atoms with Crippen LogP contribution in [-0.2, 0) is 4.74 Å². The zero-order valence-electron chi connectivity index (χ0n) is 10.3. The molecule has 0 atom stereocenters. The number of nitrogen functional groups attached to an aromatic ring is 1. The number of methoxy groups -OCH3 is 1. The van der Waals surface area contributed by atoms with E-state index >= 15 is 0 Å². The number of alkyl halides is 3. The Morgan fingerprint density at radius 1 is 1.47 bits per heavy atom. The maximum atomic E-state index is 11.9. The smallest absolute Gasteiger partial charge is 0.389 e. The maximum absolute atomic E-state index is 11.9. The molecule has 4 nitrogen and oxygen atoms in total. The fourth-order valence-electron chi connectivity index (χ4n) is 1.41. The molecule has 0 spiro atoms.